The summed E-state index contributed by atoms with van der Waals surface area (Å²) in [4.78, 5) is 41.0. The number of rotatable bonds is 2. The second-order valence-electron chi connectivity index (χ2n) is 3.26. The maximum Gasteiger partial charge on any atom is 0.327 e. The predicted octanol–water partition coefficient (Wildman–Crippen LogP) is -3.44. The number of nitrogens with one attached hydrogen (secondary N) is 4. The monoisotopic (exact) mass is 260 g/mol. The SMILES string of the molecule is O=c1[nH]c(=O)c2[nH]c(=O)[nH]c2[nH]1.OCC(O)CO. The molecule has 7 N–H and O–H groups in total. The van der Waals surface area contributed by atoms with Crippen molar-refractivity contribution in [2.24, 2.45) is 0 Å². The molecule has 0 aliphatic heterocycles. The van der Waals surface area contributed by atoms with Gasteiger partial charge in [0.2, 0.25) is 0 Å². The van der Waals surface area contributed by atoms with E-state index < -0.39 is 23.0 Å². The van der Waals surface area contributed by atoms with Crippen LogP contribution < -0.4 is 16.9 Å². The molecule has 0 atom stereocenters. The molecule has 2 aromatic heterocycles. The summed E-state index contributed by atoms with van der Waals surface area (Å²) in [5, 5.41) is 24.0. The van der Waals surface area contributed by atoms with E-state index in [4.69, 9.17) is 15.3 Å². The van der Waals surface area contributed by atoms with Gasteiger partial charge in [0, 0.05) is 0 Å². The molecule has 2 rings (SSSR count). The summed E-state index contributed by atoms with van der Waals surface area (Å²) in [6, 6.07) is 0. The number of aromatic amines is 4. The van der Waals surface area contributed by atoms with Crippen molar-refractivity contribution in [3.05, 3.63) is 31.3 Å². The van der Waals surface area contributed by atoms with Gasteiger partial charge in [-0.15, -0.1) is 0 Å². The molecule has 18 heavy (non-hydrogen) atoms. The maximum atomic E-state index is 10.9. The lowest BCUT2D eigenvalue weighted by Gasteiger charge is -1.96. The van der Waals surface area contributed by atoms with Gasteiger partial charge in [-0.05, 0) is 0 Å². The molecule has 2 heterocycles. The molecule has 10 nitrogen and oxygen atoms in total. The number of hydrogen-bond donors (Lipinski definition) is 7. The molecule has 0 unspecified atom stereocenters. The van der Waals surface area contributed by atoms with Crippen LogP contribution in [0.1, 0.15) is 0 Å². The molecule has 0 bridgehead atoms. The van der Waals surface area contributed by atoms with Crippen LogP contribution in [-0.4, -0.2) is 54.6 Å². The van der Waals surface area contributed by atoms with Crippen molar-refractivity contribution in [1.29, 1.82) is 0 Å². The van der Waals surface area contributed by atoms with Crippen LogP contribution in [0, 0.1) is 0 Å². The molecule has 0 spiro atoms. The van der Waals surface area contributed by atoms with E-state index in [-0.39, 0.29) is 24.4 Å². The Balaban J connectivity index is 0.000000232. The summed E-state index contributed by atoms with van der Waals surface area (Å²) >= 11 is 0. The van der Waals surface area contributed by atoms with Gasteiger partial charge in [-0.1, -0.05) is 0 Å². The highest BCUT2D eigenvalue weighted by Gasteiger charge is 2.02. The van der Waals surface area contributed by atoms with Gasteiger partial charge in [0.15, 0.2) is 0 Å². The number of aliphatic hydroxyl groups excluding tert-OH is 3. The van der Waals surface area contributed by atoms with Gasteiger partial charge in [0.05, 0.1) is 13.2 Å². The normalized spacial score (nSPS) is 10.4. The molecule has 2 aromatic rings. The standard InChI is InChI=1S/C5H4N4O3.C3H8O3/c10-3-1-2(7-4(11)6-1)8-5(12)9-3;4-1-3(6)2-5/h(H4,6,7,8,9,10,11,12);3-6H,1-2H2. The molecular weight excluding hydrogens is 248 g/mol. The molecular formula is C8H12N4O6. The van der Waals surface area contributed by atoms with Crippen LogP contribution in [-0.2, 0) is 0 Å². The third kappa shape index (κ3) is 3.41. The molecule has 0 aromatic carbocycles. The fourth-order valence-corrected chi connectivity index (χ4v) is 1.02. The van der Waals surface area contributed by atoms with Crippen molar-refractivity contribution in [2.45, 2.75) is 6.10 Å². The van der Waals surface area contributed by atoms with Crippen molar-refractivity contribution in [3.63, 3.8) is 0 Å². The summed E-state index contributed by atoms with van der Waals surface area (Å²) in [5.74, 6) is 0. The second kappa shape index (κ2) is 5.95. The van der Waals surface area contributed by atoms with Crippen LogP contribution in [0.3, 0.4) is 0 Å². The Hall–Kier alpha value is -2.17. The fourth-order valence-electron chi connectivity index (χ4n) is 1.02. The molecule has 0 amide bonds. The number of aliphatic hydroxyl groups is 3. The zero-order chi connectivity index (χ0) is 13.7. The van der Waals surface area contributed by atoms with Crippen LogP contribution in [0.25, 0.3) is 11.2 Å². The quantitative estimate of drug-likeness (QED) is 0.295. The van der Waals surface area contributed by atoms with Crippen LogP contribution in [0.5, 0.6) is 0 Å². The minimum absolute atomic E-state index is 0.0413. The van der Waals surface area contributed by atoms with Crippen molar-refractivity contribution in [3.8, 4) is 0 Å². The van der Waals surface area contributed by atoms with Gasteiger partial charge in [-0.25, -0.2) is 9.59 Å². The first-order chi connectivity index (χ1) is 8.47. The highest BCUT2D eigenvalue weighted by molar-refractivity contribution is 5.67. The Morgan fingerprint density at radius 1 is 0.889 bits per heavy atom. The van der Waals surface area contributed by atoms with Crippen molar-refractivity contribution in [1.82, 2.24) is 19.9 Å². The average molecular weight is 260 g/mol. The first kappa shape index (κ1) is 13.9. The molecule has 0 saturated heterocycles. The predicted molar refractivity (Wildman–Crippen MR) is 60.3 cm³/mol. The number of H-pyrrole nitrogens is 4. The minimum atomic E-state index is -0.954. The van der Waals surface area contributed by atoms with Crippen LogP contribution in [0.2, 0.25) is 0 Å². The summed E-state index contributed by atoms with van der Waals surface area (Å²) in [6.07, 6.45) is -0.954. The highest BCUT2D eigenvalue weighted by Crippen LogP contribution is 1.88. The van der Waals surface area contributed by atoms with Crippen molar-refractivity contribution in [2.75, 3.05) is 13.2 Å². The Morgan fingerprint density at radius 2 is 1.39 bits per heavy atom. The number of aromatic nitrogens is 4. The van der Waals surface area contributed by atoms with Crippen molar-refractivity contribution < 1.29 is 15.3 Å². The van der Waals surface area contributed by atoms with Gasteiger partial charge in [0.25, 0.3) is 5.56 Å². The van der Waals surface area contributed by atoms with E-state index in [1.54, 1.807) is 0 Å². The lowest BCUT2D eigenvalue weighted by atomic mass is 10.4. The summed E-state index contributed by atoms with van der Waals surface area (Å²) in [5.41, 5.74) is -1.65. The largest absolute Gasteiger partial charge is 0.394 e. The first-order valence-corrected chi connectivity index (χ1v) is 4.82. The third-order valence-corrected chi connectivity index (χ3v) is 1.84. The minimum Gasteiger partial charge on any atom is -0.394 e. The van der Waals surface area contributed by atoms with Crippen LogP contribution >= 0.6 is 0 Å². The van der Waals surface area contributed by atoms with E-state index in [0.29, 0.717) is 0 Å². The molecule has 0 aliphatic rings. The van der Waals surface area contributed by atoms with Gasteiger partial charge < -0.3 is 15.3 Å². The molecule has 0 saturated carbocycles. The molecule has 0 aliphatic carbocycles. The van der Waals surface area contributed by atoms with Crippen LogP contribution in [0.4, 0.5) is 0 Å². The zero-order valence-corrected chi connectivity index (χ0v) is 9.06. The van der Waals surface area contributed by atoms with E-state index in [2.05, 4.69) is 15.0 Å². The Bertz CT molecular complexity index is 660. The summed E-state index contributed by atoms with van der Waals surface area (Å²) < 4.78 is 0. The number of fused-ring (bicyclic) bond motifs is 1. The van der Waals surface area contributed by atoms with Gasteiger partial charge in [0.1, 0.15) is 17.3 Å². The smallest absolute Gasteiger partial charge is 0.327 e. The fraction of sp³-hybridized carbons (Fsp3) is 0.375. The van der Waals surface area contributed by atoms with E-state index in [0.717, 1.165) is 0 Å². The van der Waals surface area contributed by atoms with Gasteiger partial charge in [-0.3, -0.25) is 24.7 Å². The number of hydrogen-bond acceptors (Lipinski definition) is 6. The van der Waals surface area contributed by atoms with E-state index in [1.807, 2.05) is 4.98 Å². The Kier molecular flexibility index (Phi) is 4.59. The average Bonchev–Trinajstić information content (AvgIpc) is 2.69. The van der Waals surface area contributed by atoms with Gasteiger partial charge in [-0.2, -0.15) is 0 Å². The summed E-state index contributed by atoms with van der Waals surface area (Å²) in [7, 11) is 0. The van der Waals surface area contributed by atoms with Crippen molar-refractivity contribution >= 4 is 11.2 Å². The van der Waals surface area contributed by atoms with E-state index in [1.165, 1.54) is 0 Å². The van der Waals surface area contributed by atoms with E-state index in [9.17, 15) is 14.4 Å². The van der Waals surface area contributed by atoms with E-state index >= 15 is 0 Å². The second-order valence-corrected chi connectivity index (χ2v) is 3.26. The Labute approximate surface area is 97.9 Å². The lowest BCUT2D eigenvalue weighted by Crippen LogP contribution is -2.21. The first-order valence-electron chi connectivity index (χ1n) is 4.82. The highest BCUT2D eigenvalue weighted by atomic mass is 16.3. The summed E-state index contributed by atoms with van der Waals surface area (Å²) in [6.45, 7) is -0.729. The van der Waals surface area contributed by atoms with Crippen LogP contribution in [0.15, 0.2) is 14.4 Å². The number of imidazole rings is 1. The maximum absolute atomic E-state index is 10.9. The topological polar surface area (TPSA) is 175 Å². The Morgan fingerprint density at radius 3 is 1.83 bits per heavy atom. The molecule has 100 valence electrons. The molecule has 0 radical (unpaired) electrons. The lowest BCUT2D eigenvalue weighted by molar-refractivity contribution is 0.0450. The molecule has 0 fully saturated rings. The van der Waals surface area contributed by atoms with Gasteiger partial charge >= 0.3 is 11.4 Å². The molecule has 10 heteroatoms. The zero-order valence-electron chi connectivity index (χ0n) is 9.06. The third-order valence-electron chi connectivity index (χ3n) is 1.84.